The van der Waals surface area contributed by atoms with Gasteiger partial charge < -0.3 is 35.2 Å². The van der Waals surface area contributed by atoms with E-state index in [0.29, 0.717) is 67.6 Å². The topological polar surface area (TPSA) is 142 Å². The van der Waals surface area contributed by atoms with Crippen molar-refractivity contribution in [3.05, 3.63) is 77.6 Å². The molecule has 14 heteroatoms. The Bertz CT molecular complexity index is 2230. The molecule has 5 fully saturated rings. The molecule has 59 heavy (non-hydrogen) atoms. The summed E-state index contributed by atoms with van der Waals surface area (Å²) < 4.78 is 16.0. The minimum Gasteiger partial charge on any atom is -0.372 e. The number of nitrogens with zero attached hydrogens (tertiary/aromatic N) is 6. The number of anilines is 3. The van der Waals surface area contributed by atoms with E-state index in [1.165, 1.54) is 17.3 Å². The first kappa shape index (κ1) is 38.9. The zero-order chi connectivity index (χ0) is 40.8. The fraction of sp³-hybridized carbons (Fsp3) is 0.467. The van der Waals surface area contributed by atoms with E-state index in [-0.39, 0.29) is 29.6 Å². The number of likely N-dealkylation sites (tertiary alicyclic amines) is 1. The SMILES string of the molecule is CN1CCN([C@@H]2CCCN(c3c(F)cc(C(N)=O)c4[nH]c(-c5ccc(C6CCN(CC7CCN(c8ccc(N9CCC(=O)NC9=O)cc8)CC7)CC6)cc5)cc34)C2)C1=O. The van der Waals surface area contributed by atoms with Crippen molar-refractivity contribution in [3.63, 3.8) is 0 Å². The van der Waals surface area contributed by atoms with Crippen LogP contribution < -0.4 is 25.8 Å². The van der Waals surface area contributed by atoms with E-state index in [2.05, 4.69) is 56.5 Å². The molecular formula is C45H54FN9O4. The number of urea groups is 2. The van der Waals surface area contributed by atoms with E-state index in [9.17, 15) is 19.2 Å². The van der Waals surface area contributed by atoms with Crippen LogP contribution >= 0.6 is 0 Å². The summed E-state index contributed by atoms with van der Waals surface area (Å²) in [5.41, 5.74) is 11.9. The van der Waals surface area contributed by atoms with E-state index in [0.717, 1.165) is 88.2 Å². The maximum Gasteiger partial charge on any atom is 0.328 e. The van der Waals surface area contributed by atoms with E-state index in [1.54, 1.807) is 9.80 Å². The van der Waals surface area contributed by atoms with Crippen molar-refractivity contribution in [2.75, 3.05) is 87.2 Å². The number of hydrogen-bond acceptors (Lipinski definition) is 7. The molecule has 4 aromatic rings. The van der Waals surface area contributed by atoms with Crippen molar-refractivity contribution in [2.24, 2.45) is 11.7 Å². The molecule has 0 unspecified atom stereocenters. The Kier molecular flexibility index (Phi) is 10.7. The zero-order valence-electron chi connectivity index (χ0n) is 33.8. The number of H-pyrrole nitrogens is 1. The number of benzene rings is 3. The fourth-order valence-electron chi connectivity index (χ4n) is 10.1. The maximum absolute atomic E-state index is 16.0. The summed E-state index contributed by atoms with van der Waals surface area (Å²) in [6.45, 7) is 8.27. The molecular weight excluding hydrogens is 750 g/mol. The lowest BCUT2D eigenvalue weighted by Gasteiger charge is -2.39. The number of carbonyl (C=O) groups excluding carboxylic acids is 4. The minimum absolute atomic E-state index is 0.00648. The third-order valence-corrected chi connectivity index (χ3v) is 13.5. The number of primary amides is 1. The van der Waals surface area contributed by atoms with Gasteiger partial charge in [-0.3, -0.25) is 19.8 Å². The van der Waals surface area contributed by atoms with Gasteiger partial charge in [-0.25, -0.2) is 14.0 Å². The van der Waals surface area contributed by atoms with Gasteiger partial charge in [0.05, 0.1) is 22.8 Å². The number of aromatic amines is 1. The number of piperidine rings is 3. The molecule has 0 bridgehead atoms. The number of carbonyl (C=O) groups is 4. The number of amides is 6. The molecule has 1 atom stereocenters. The first-order valence-corrected chi connectivity index (χ1v) is 21.3. The number of aromatic nitrogens is 1. The van der Waals surface area contributed by atoms with Crippen LogP contribution in [-0.2, 0) is 4.79 Å². The first-order chi connectivity index (χ1) is 28.6. The smallest absolute Gasteiger partial charge is 0.328 e. The molecule has 0 spiro atoms. The highest BCUT2D eigenvalue weighted by Gasteiger charge is 2.36. The van der Waals surface area contributed by atoms with Gasteiger partial charge in [0.15, 0.2) is 0 Å². The van der Waals surface area contributed by atoms with Crippen LogP contribution in [0.4, 0.5) is 31.0 Å². The third-order valence-electron chi connectivity index (χ3n) is 13.5. The second kappa shape index (κ2) is 16.2. The van der Waals surface area contributed by atoms with Crippen LogP contribution in [0.2, 0.25) is 0 Å². The Morgan fingerprint density at radius 3 is 2.22 bits per heavy atom. The van der Waals surface area contributed by atoms with Gasteiger partial charge in [-0.15, -0.1) is 0 Å². The predicted molar refractivity (Wildman–Crippen MR) is 227 cm³/mol. The van der Waals surface area contributed by atoms with Gasteiger partial charge in [0, 0.05) is 88.3 Å². The highest BCUT2D eigenvalue weighted by molar-refractivity contribution is 6.10. The molecule has 6 heterocycles. The number of rotatable bonds is 9. The molecule has 4 N–H and O–H groups in total. The summed E-state index contributed by atoms with van der Waals surface area (Å²) in [4.78, 5) is 64.9. The lowest BCUT2D eigenvalue weighted by Crippen LogP contribution is -2.49. The molecule has 0 aliphatic carbocycles. The number of likely N-dealkylation sites (N-methyl/N-ethyl adjacent to an activating group) is 1. The largest absolute Gasteiger partial charge is 0.372 e. The second-order valence-corrected chi connectivity index (χ2v) is 17.1. The highest BCUT2D eigenvalue weighted by Crippen LogP contribution is 2.39. The highest BCUT2D eigenvalue weighted by atomic mass is 19.1. The third kappa shape index (κ3) is 7.82. The van der Waals surface area contributed by atoms with E-state index >= 15 is 4.39 Å². The van der Waals surface area contributed by atoms with Crippen LogP contribution in [0.1, 0.15) is 66.8 Å². The molecule has 0 saturated carbocycles. The lowest BCUT2D eigenvalue weighted by atomic mass is 9.87. The van der Waals surface area contributed by atoms with Crippen LogP contribution in [0, 0.1) is 11.7 Å². The molecule has 5 aliphatic rings. The standard InChI is InChI=1S/C45H54FN9O4/c1-50-23-24-55(45(50)59)35-3-2-17-53(28-35)42-36-26-39(48-41(36)37(43(47)57)25-38(42)46)32-6-4-30(5-7-32)31-14-18-51(19-15-31)27-29-12-20-52(21-13-29)33-8-10-34(11-9-33)54-22-16-40(56)49-44(54)58/h4-11,25-26,29,31,35,48H,2-3,12-24,27-28H2,1H3,(H2,47,57)(H,49,56,58)/t35-/m1/s1. The zero-order valence-corrected chi connectivity index (χ0v) is 33.8. The maximum atomic E-state index is 16.0. The van der Waals surface area contributed by atoms with Crippen LogP contribution in [0.25, 0.3) is 22.2 Å². The first-order valence-electron chi connectivity index (χ1n) is 21.3. The van der Waals surface area contributed by atoms with Crippen LogP contribution in [0.15, 0.2) is 60.7 Å². The molecule has 6 amide bonds. The molecule has 5 saturated heterocycles. The lowest BCUT2D eigenvalue weighted by molar-refractivity contribution is -0.120. The average molecular weight is 804 g/mol. The number of nitrogens with two attached hydrogens (primary N) is 1. The predicted octanol–water partition coefficient (Wildman–Crippen LogP) is 5.95. The van der Waals surface area contributed by atoms with Crippen LogP contribution in [-0.4, -0.2) is 122 Å². The second-order valence-electron chi connectivity index (χ2n) is 17.1. The normalized spacial score (nSPS) is 21.6. The Morgan fingerprint density at radius 1 is 0.814 bits per heavy atom. The number of nitrogens with one attached hydrogen (secondary N) is 2. The molecule has 13 nitrogen and oxygen atoms in total. The van der Waals surface area contributed by atoms with Gasteiger partial charge in [0.2, 0.25) is 5.91 Å². The Labute approximate surface area is 344 Å². The quantitative estimate of drug-likeness (QED) is 0.190. The van der Waals surface area contributed by atoms with Crippen molar-refractivity contribution < 1.29 is 23.6 Å². The van der Waals surface area contributed by atoms with Gasteiger partial charge in [0.25, 0.3) is 5.91 Å². The van der Waals surface area contributed by atoms with Gasteiger partial charge in [-0.1, -0.05) is 24.3 Å². The fourth-order valence-corrected chi connectivity index (χ4v) is 10.1. The summed E-state index contributed by atoms with van der Waals surface area (Å²) >= 11 is 0. The van der Waals surface area contributed by atoms with Crippen LogP contribution in [0.5, 0.6) is 0 Å². The monoisotopic (exact) mass is 803 g/mol. The Balaban J connectivity index is 0.802. The molecule has 3 aromatic carbocycles. The Hall–Kier alpha value is -5.63. The number of imide groups is 1. The number of halogens is 1. The van der Waals surface area contributed by atoms with Gasteiger partial charge >= 0.3 is 12.1 Å². The van der Waals surface area contributed by atoms with Gasteiger partial charge in [-0.2, -0.15) is 0 Å². The van der Waals surface area contributed by atoms with Crippen molar-refractivity contribution in [3.8, 4) is 11.3 Å². The summed E-state index contributed by atoms with van der Waals surface area (Å²) in [5, 5.41) is 3.02. The van der Waals surface area contributed by atoms with Crippen molar-refractivity contribution in [1.82, 2.24) is 25.0 Å². The van der Waals surface area contributed by atoms with E-state index < -0.39 is 11.7 Å². The van der Waals surface area contributed by atoms with Gasteiger partial charge in [-0.05, 0) is 111 Å². The van der Waals surface area contributed by atoms with Gasteiger partial charge in [0.1, 0.15) is 5.82 Å². The summed E-state index contributed by atoms with van der Waals surface area (Å²) in [6, 6.07) is 19.6. The summed E-state index contributed by atoms with van der Waals surface area (Å²) in [5.74, 6) is -0.233. The summed E-state index contributed by atoms with van der Waals surface area (Å²) in [7, 11) is 1.81. The Morgan fingerprint density at radius 2 is 1.54 bits per heavy atom. The molecule has 5 aliphatic heterocycles. The molecule has 0 radical (unpaired) electrons. The number of fused-ring (bicyclic) bond motifs is 1. The number of hydrogen-bond donors (Lipinski definition) is 3. The average Bonchev–Trinajstić information content (AvgIpc) is 3.84. The van der Waals surface area contributed by atoms with Crippen molar-refractivity contribution in [1.29, 1.82) is 0 Å². The minimum atomic E-state index is -0.683. The molecule has 9 rings (SSSR count). The van der Waals surface area contributed by atoms with Crippen LogP contribution in [0.3, 0.4) is 0 Å². The van der Waals surface area contributed by atoms with E-state index in [1.807, 2.05) is 35.0 Å². The van der Waals surface area contributed by atoms with Crippen molar-refractivity contribution in [2.45, 2.75) is 56.9 Å². The molecule has 310 valence electrons. The van der Waals surface area contributed by atoms with E-state index in [4.69, 9.17) is 5.73 Å². The molecule has 1 aromatic heterocycles. The van der Waals surface area contributed by atoms with Crippen molar-refractivity contribution >= 4 is 51.8 Å². The summed E-state index contributed by atoms with van der Waals surface area (Å²) in [6.07, 6.45) is 6.55.